The highest BCUT2D eigenvalue weighted by Gasteiger charge is 1.94. The molecule has 2 N–H and O–H groups in total. The molecule has 0 bridgehead atoms. The summed E-state index contributed by atoms with van der Waals surface area (Å²) in [6, 6.07) is 0. The molecule has 0 aromatic heterocycles. The molecule has 0 aromatic carbocycles. The third-order valence-electron chi connectivity index (χ3n) is 2.47. The van der Waals surface area contributed by atoms with Gasteiger partial charge in [-0.1, -0.05) is 38.5 Å². The van der Waals surface area contributed by atoms with Gasteiger partial charge in [0.2, 0.25) is 0 Å². The van der Waals surface area contributed by atoms with Gasteiger partial charge in [-0.05, 0) is 12.8 Å². The molecule has 2 aliphatic rings. The zero-order valence-corrected chi connectivity index (χ0v) is 11.6. The SMILES string of the molecule is C1CO1.C1CO1.OCCCCCCCCCCO. The first-order valence-electron chi connectivity index (χ1n) is 7.29. The number of aliphatic hydroxyl groups is 2. The highest BCUT2D eigenvalue weighted by molar-refractivity contribution is 4.45. The first-order chi connectivity index (χ1) is 8.91. The van der Waals surface area contributed by atoms with E-state index in [-0.39, 0.29) is 0 Å². The third kappa shape index (κ3) is 29.7. The lowest BCUT2D eigenvalue weighted by molar-refractivity contribution is 0.279. The van der Waals surface area contributed by atoms with Crippen molar-refractivity contribution in [3.05, 3.63) is 0 Å². The summed E-state index contributed by atoms with van der Waals surface area (Å²) in [6.07, 6.45) is 9.30. The molecule has 0 aromatic rings. The van der Waals surface area contributed by atoms with Gasteiger partial charge in [0.1, 0.15) is 0 Å². The minimum absolute atomic E-state index is 0.338. The first kappa shape index (κ1) is 17.8. The number of aliphatic hydroxyl groups excluding tert-OH is 2. The summed E-state index contributed by atoms with van der Waals surface area (Å²) in [7, 11) is 0. The van der Waals surface area contributed by atoms with Crippen molar-refractivity contribution in [3.63, 3.8) is 0 Å². The number of ether oxygens (including phenoxy) is 2. The Bertz CT molecular complexity index is 116. The van der Waals surface area contributed by atoms with Crippen LogP contribution in [0.2, 0.25) is 0 Å². The summed E-state index contributed by atoms with van der Waals surface area (Å²) in [5, 5.41) is 17.0. The zero-order chi connectivity index (χ0) is 13.3. The van der Waals surface area contributed by atoms with Crippen molar-refractivity contribution in [1.29, 1.82) is 0 Å². The molecule has 0 atom stereocenters. The van der Waals surface area contributed by atoms with Gasteiger partial charge in [-0.2, -0.15) is 0 Å². The maximum Gasteiger partial charge on any atom is 0.0701 e. The van der Waals surface area contributed by atoms with Gasteiger partial charge in [-0.25, -0.2) is 0 Å². The van der Waals surface area contributed by atoms with E-state index in [9.17, 15) is 0 Å². The summed E-state index contributed by atoms with van der Waals surface area (Å²) in [5.41, 5.74) is 0. The largest absolute Gasteiger partial charge is 0.396 e. The Morgan fingerprint density at radius 1 is 0.500 bits per heavy atom. The average molecular weight is 262 g/mol. The van der Waals surface area contributed by atoms with Crippen LogP contribution in [-0.2, 0) is 9.47 Å². The van der Waals surface area contributed by atoms with E-state index in [0.717, 1.165) is 52.1 Å². The molecule has 110 valence electrons. The Morgan fingerprint density at radius 3 is 0.889 bits per heavy atom. The normalized spacial score (nSPS) is 15.0. The van der Waals surface area contributed by atoms with E-state index < -0.39 is 0 Å². The van der Waals surface area contributed by atoms with E-state index in [4.69, 9.17) is 10.2 Å². The van der Waals surface area contributed by atoms with Crippen LogP contribution in [0.25, 0.3) is 0 Å². The summed E-state index contributed by atoms with van der Waals surface area (Å²) in [6.45, 7) is 4.68. The third-order valence-corrected chi connectivity index (χ3v) is 2.47. The monoisotopic (exact) mass is 262 g/mol. The van der Waals surface area contributed by atoms with Crippen molar-refractivity contribution in [2.24, 2.45) is 0 Å². The van der Waals surface area contributed by atoms with Crippen LogP contribution in [0.5, 0.6) is 0 Å². The van der Waals surface area contributed by atoms with Crippen LogP contribution in [0.1, 0.15) is 51.4 Å². The number of epoxide rings is 2. The Kier molecular flexibility index (Phi) is 16.7. The van der Waals surface area contributed by atoms with Gasteiger partial charge in [0.05, 0.1) is 26.4 Å². The van der Waals surface area contributed by atoms with Crippen molar-refractivity contribution in [2.75, 3.05) is 39.6 Å². The Morgan fingerprint density at radius 2 is 0.722 bits per heavy atom. The van der Waals surface area contributed by atoms with Crippen molar-refractivity contribution in [1.82, 2.24) is 0 Å². The molecule has 0 spiro atoms. The van der Waals surface area contributed by atoms with Gasteiger partial charge in [-0.15, -0.1) is 0 Å². The second-order valence-corrected chi connectivity index (χ2v) is 4.50. The van der Waals surface area contributed by atoms with Gasteiger partial charge < -0.3 is 19.7 Å². The van der Waals surface area contributed by atoms with E-state index in [0.29, 0.717) is 13.2 Å². The smallest absolute Gasteiger partial charge is 0.0701 e. The van der Waals surface area contributed by atoms with Gasteiger partial charge in [0, 0.05) is 13.2 Å². The fourth-order valence-corrected chi connectivity index (χ4v) is 1.28. The fraction of sp³-hybridized carbons (Fsp3) is 1.00. The highest BCUT2D eigenvalue weighted by atomic mass is 16.6. The predicted molar refractivity (Wildman–Crippen MR) is 72.7 cm³/mol. The van der Waals surface area contributed by atoms with Crippen molar-refractivity contribution < 1.29 is 19.7 Å². The van der Waals surface area contributed by atoms with Crippen LogP contribution in [-0.4, -0.2) is 49.9 Å². The molecule has 2 rings (SSSR count). The molecular weight excluding hydrogens is 232 g/mol. The van der Waals surface area contributed by atoms with Gasteiger partial charge in [-0.3, -0.25) is 0 Å². The minimum atomic E-state index is 0.338. The molecule has 2 saturated heterocycles. The van der Waals surface area contributed by atoms with Gasteiger partial charge in [0.15, 0.2) is 0 Å². The molecule has 0 amide bonds. The summed E-state index contributed by atoms with van der Waals surface area (Å²) >= 11 is 0. The molecule has 4 heteroatoms. The Balaban J connectivity index is 0.000000380. The standard InChI is InChI=1S/C10H22O2.2C2H4O/c11-9-7-5-3-1-2-4-6-8-10-12;2*1-2-3-1/h11-12H,1-10H2;2*1-2H2. The van der Waals surface area contributed by atoms with Crippen LogP contribution < -0.4 is 0 Å². The van der Waals surface area contributed by atoms with Crippen LogP contribution in [0.4, 0.5) is 0 Å². The molecule has 0 radical (unpaired) electrons. The van der Waals surface area contributed by atoms with Crippen LogP contribution in [0.3, 0.4) is 0 Å². The van der Waals surface area contributed by atoms with Gasteiger partial charge >= 0.3 is 0 Å². The number of hydrogen-bond donors (Lipinski definition) is 2. The number of rotatable bonds is 9. The summed E-state index contributed by atoms with van der Waals surface area (Å²) < 4.78 is 9.00. The quantitative estimate of drug-likeness (QED) is 0.493. The zero-order valence-electron chi connectivity index (χ0n) is 11.6. The molecular formula is C14H30O4. The lowest BCUT2D eigenvalue weighted by Gasteiger charge is -1.99. The summed E-state index contributed by atoms with van der Waals surface area (Å²) in [4.78, 5) is 0. The van der Waals surface area contributed by atoms with E-state index in [1.54, 1.807) is 0 Å². The molecule has 4 nitrogen and oxygen atoms in total. The number of hydrogen-bond acceptors (Lipinski definition) is 4. The molecule has 2 heterocycles. The number of unbranched alkanes of at least 4 members (excludes halogenated alkanes) is 7. The second-order valence-electron chi connectivity index (χ2n) is 4.50. The van der Waals surface area contributed by atoms with E-state index in [2.05, 4.69) is 9.47 Å². The van der Waals surface area contributed by atoms with Crippen LogP contribution >= 0.6 is 0 Å². The topological polar surface area (TPSA) is 65.5 Å². The predicted octanol–water partition coefficient (Wildman–Crippen LogP) is 2.13. The second kappa shape index (κ2) is 16.8. The molecule has 0 unspecified atom stereocenters. The Hall–Kier alpha value is -0.160. The molecule has 2 fully saturated rings. The maximum atomic E-state index is 8.51. The minimum Gasteiger partial charge on any atom is -0.396 e. The van der Waals surface area contributed by atoms with E-state index in [1.165, 1.54) is 25.7 Å². The lowest BCUT2D eigenvalue weighted by Crippen LogP contribution is -1.85. The maximum absolute atomic E-state index is 8.51. The van der Waals surface area contributed by atoms with Crippen molar-refractivity contribution >= 4 is 0 Å². The molecule has 18 heavy (non-hydrogen) atoms. The van der Waals surface area contributed by atoms with Crippen LogP contribution in [0.15, 0.2) is 0 Å². The van der Waals surface area contributed by atoms with Crippen molar-refractivity contribution in [2.45, 2.75) is 51.4 Å². The fourth-order valence-electron chi connectivity index (χ4n) is 1.28. The van der Waals surface area contributed by atoms with Crippen LogP contribution in [0, 0.1) is 0 Å². The highest BCUT2D eigenvalue weighted by Crippen LogP contribution is 2.07. The summed E-state index contributed by atoms with van der Waals surface area (Å²) in [5.74, 6) is 0. The average Bonchev–Trinajstić information content (AvgIpc) is 3.27. The molecule has 0 aliphatic carbocycles. The van der Waals surface area contributed by atoms with E-state index in [1.807, 2.05) is 0 Å². The Labute approximate surface area is 111 Å². The lowest BCUT2D eigenvalue weighted by atomic mass is 10.1. The first-order valence-corrected chi connectivity index (χ1v) is 7.29. The van der Waals surface area contributed by atoms with Gasteiger partial charge in [0.25, 0.3) is 0 Å². The van der Waals surface area contributed by atoms with Crippen molar-refractivity contribution in [3.8, 4) is 0 Å². The molecule has 0 saturated carbocycles. The van der Waals surface area contributed by atoms with E-state index >= 15 is 0 Å². The molecule has 2 aliphatic heterocycles.